The van der Waals surface area contributed by atoms with Crippen LogP contribution < -0.4 is 0 Å². The minimum absolute atomic E-state index is 0.349. The molecule has 0 aliphatic heterocycles. The Morgan fingerprint density at radius 3 is 1.48 bits per heavy atom. The highest BCUT2D eigenvalue weighted by molar-refractivity contribution is 6.88. The zero-order valence-electron chi connectivity index (χ0n) is 21.4. The van der Waals surface area contributed by atoms with Crippen LogP contribution in [0.15, 0.2) is 0 Å². The van der Waals surface area contributed by atoms with E-state index in [0.717, 1.165) is 25.0 Å². The van der Waals surface area contributed by atoms with Crippen molar-refractivity contribution in [1.82, 2.24) is 0 Å². The van der Waals surface area contributed by atoms with Gasteiger partial charge in [-0.25, -0.2) is 0 Å². The van der Waals surface area contributed by atoms with Gasteiger partial charge in [-0.05, 0) is 102 Å². The normalized spacial score (nSPS) is 39.7. The second kappa shape index (κ2) is 9.16. The van der Waals surface area contributed by atoms with Crippen molar-refractivity contribution in [2.45, 2.75) is 139 Å². The summed E-state index contributed by atoms with van der Waals surface area (Å²) in [4.78, 5) is 0. The Hall–Kier alpha value is 0.314. The van der Waals surface area contributed by atoms with Crippen LogP contribution in [-0.2, 0) is 13.6 Å². The molecule has 4 aliphatic carbocycles. The highest BCUT2D eigenvalue weighted by atomic mass is 28.4. The van der Waals surface area contributed by atoms with Gasteiger partial charge in [0.1, 0.15) is 0 Å². The summed E-state index contributed by atoms with van der Waals surface area (Å²) in [5, 5.41) is 0.697. The Labute approximate surface area is 194 Å². The Kier molecular flexibility index (Phi) is 7.22. The molecule has 3 nitrogen and oxygen atoms in total. The number of rotatable bonds is 12. The van der Waals surface area contributed by atoms with Crippen molar-refractivity contribution in [2.75, 3.05) is 13.2 Å². The lowest BCUT2D eigenvalue weighted by Crippen LogP contribution is -2.60. The fraction of sp³-hybridized carbons (Fsp3) is 1.00. The quantitative estimate of drug-likeness (QED) is 0.218. The monoisotopic (exact) mass is 466 g/mol. The second-order valence-electron chi connectivity index (χ2n) is 12.5. The number of unbranched alkanes of at least 4 members (excludes halogenated alkanes) is 2. The highest BCUT2D eigenvalue weighted by Crippen LogP contribution is 2.69. The standard InChI is InChI=1S/C26H50O3Si2/c1-7-9-15-27-23-17-21-11-13-25(23,19-21)30(3,4)29-31(5,6)26-14-12-22(20-26)18-24(26)28-16-10-8-2/h21-24H,7-20H2,1-6H3. The molecule has 180 valence electrons. The molecule has 0 radical (unpaired) electrons. The maximum atomic E-state index is 7.63. The molecule has 0 aromatic heterocycles. The molecule has 0 heterocycles. The molecule has 4 bridgehead atoms. The molecule has 6 unspecified atom stereocenters. The van der Waals surface area contributed by atoms with Crippen LogP contribution >= 0.6 is 0 Å². The first-order valence-corrected chi connectivity index (χ1v) is 19.4. The van der Waals surface area contributed by atoms with Gasteiger partial charge in [-0.3, -0.25) is 0 Å². The van der Waals surface area contributed by atoms with Crippen molar-refractivity contribution in [3.05, 3.63) is 0 Å². The number of fused-ring (bicyclic) bond motifs is 4. The van der Waals surface area contributed by atoms with Crippen LogP contribution in [0.1, 0.15) is 90.9 Å². The SMILES string of the molecule is CCCCOC1CC2CCC1([Si](C)(C)O[Si](C)(C)C13CCC(CC1OCCCC)C3)C2. The molecule has 0 amide bonds. The van der Waals surface area contributed by atoms with Crippen LogP contribution in [0, 0.1) is 11.8 Å². The van der Waals surface area contributed by atoms with Crippen molar-refractivity contribution >= 4 is 16.6 Å². The fourth-order valence-corrected chi connectivity index (χ4v) is 20.0. The van der Waals surface area contributed by atoms with Crippen molar-refractivity contribution in [3.8, 4) is 0 Å². The maximum Gasteiger partial charge on any atom is 0.182 e. The van der Waals surface area contributed by atoms with E-state index >= 15 is 0 Å². The molecular weight excluding hydrogens is 416 g/mol. The average Bonchev–Trinajstić information content (AvgIpc) is 3.47. The van der Waals surface area contributed by atoms with Crippen LogP contribution in [0.4, 0.5) is 0 Å². The topological polar surface area (TPSA) is 27.7 Å². The van der Waals surface area contributed by atoms with Gasteiger partial charge in [0.05, 0.1) is 12.2 Å². The average molecular weight is 467 g/mol. The lowest BCUT2D eigenvalue weighted by atomic mass is 9.96. The van der Waals surface area contributed by atoms with E-state index in [1.54, 1.807) is 0 Å². The summed E-state index contributed by atoms with van der Waals surface area (Å²) in [5.74, 6) is 1.77. The lowest BCUT2D eigenvalue weighted by Gasteiger charge is -2.53. The fourth-order valence-electron chi connectivity index (χ4n) is 8.31. The molecule has 0 aromatic carbocycles. The molecule has 4 fully saturated rings. The first kappa shape index (κ1) is 24.4. The molecule has 31 heavy (non-hydrogen) atoms. The minimum atomic E-state index is -1.94. The summed E-state index contributed by atoms with van der Waals surface area (Å²) in [7, 11) is -3.87. The summed E-state index contributed by atoms with van der Waals surface area (Å²) >= 11 is 0. The third-order valence-electron chi connectivity index (χ3n) is 10.2. The van der Waals surface area contributed by atoms with E-state index in [1.165, 1.54) is 77.0 Å². The predicted octanol–water partition coefficient (Wildman–Crippen LogP) is 7.67. The summed E-state index contributed by atoms with van der Waals surface area (Å²) in [5.41, 5.74) is 0. The molecule has 0 spiro atoms. The van der Waals surface area contributed by atoms with E-state index in [0.29, 0.717) is 22.3 Å². The predicted molar refractivity (Wildman–Crippen MR) is 135 cm³/mol. The van der Waals surface area contributed by atoms with Crippen LogP contribution in [0.5, 0.6) is 0 Å². The molecule has 0 saturated heterocycles. The molecule has 0 aromatic rings. The molecule has 6 atom stereocenters. The van der Waals surface area contributed by atoms with Crippen LogP contribution in [0.25, 0.3) is 0 Å². The van der Waals surface area contributed by atoms with Gasteiger partial charge < -0.3 is 13.6 Å². The van der Waals surface area contributed by atoms with Gasteiger partial charge in [-0.1, -0.05) is 26.7 Å². The van der Waals surface area contributed by atoms with Crippen molar-refractivity contribution in [2.24, 2.45) is 11.8 Å². The lowest BCUT2D eigenvalue weighted by molar-refractivity contribution is 0.0109. The van der Waals surface area contributed by atoms with Gasteiger partial charge in [0.15, 0.2) is 16.6 Å². The van der Waals surface area contributed by atoms with Crippen LogP contribution in [0.3, 0.4) is 0 Å². The summed E-state index contributed by atoms with van der Waals surface area (Å²) < 4.78 is 20.8. The van der Waals surface area contributed by atoms with Gasteiger partial charge in [0.2, 0.25) is 0 Å². The molecule has 0 N–H and O–H groups in total. The van der Waals surface area contributed by atoms with E-state index in [-0.39, 0.29) is 0 Å². The molecule has 4 saturated carbocycles. The van der Waals surface area contributed by atoms with E-state index in [2.05, 4.69) is 40.0 Å². The van der Waals surface area contributed by atoms with Gasteiger partial charge >= 0.3 is 0 Å². The molecule has 4 aliphatic rings. The van der Waals surface area contributed by atoms with Crippen molar-refractivity contribution < 1.29 is 13.6 Å². The zero-order valence-corrected chi connectivity index (χ0v) is 23.4. The Bertz CT molecular complexity index is 572. The van der Waals surface area contributed by atoms with E-state index in [9.17, 15) is 0 Å². The minimum Gasteiger partial charge on any atom is -0.455 e. The maximum absolute atomic E-state index is 7.63. The second-order valence-corrected chi connectivity index (χ2v) is 21.4. The van der Waals surface area contributed by atoms with E-state index in [1.807, 2.05) is 0 Å². The largest absolute Gasteiger partial charge is 0.455 e. The van der Waals surface area contributed by atoms with Gasteiger partial charge in [0.25, 0.3) is 0 Å². The summed E-state index contributed by atoms with van der Waals surface area (Å²) in [6.45, 7) is 16.7. The summed E-state index contributed by atoms with van der Waals surface area (Å²) in [6, 6.07) is 0. The molecule has 5 heteroatoms. The third-order valence-corrected chi connectivity index (χ3v) is 20.6. The number of hydrogen-bond acceptors (Lipinski definition) is 3. The van der Waals surface area contributed by atoms with Gasteiger partial charge in [-0.15, -0.1) is 0 Å². The first-order chi connectivity index (χ1) is 14.7. The number of ether oxygens (including phenoxy) is 2. The van der Waals surface area contributed by atoms with E-state index < -0.39 is 16.6 Å². The van der Waals surface area contributed by atoms with Crippen molar-refractivity contribution in [1.29, 1.82) is 0 Å². The Balaban J connectivity index is 1.52. The third kappa shape index (κ3) is 4.17. The van der Waals surface area contributed by atoms with Gasteiger partial charge in [-0.2, -0.15) is 0 Å². The molecule has 4 rings (SSSR count). The highest BCUT2D eigenvalue weighted by Gasteiger charge is 2.67. The van der Waals surface area contributed by atoms with Crippen LogP contribution in [0.2, 0.25) is 36.3 Å². The molecular formula is C26H50O3Si2. The van der Waals surface area contributed by atoms with Gasteiger partial charge in [0, 0.05) is 23.3 Å². The zero-order chi connectivity index (χ0) is 22.3. The smallest absolute Gasteiger partial charge is 0.182 e. The van der Waals surface area contributed by atoms with Crippen LogP contribution in [-0.4, -0.2) is 42.1 Å². The Morgan fingerprint density at radius 2 is 1.13 bits per heavy atom. The Morgan fingerprint density at radius 1 is 0.710 bits per heavy atom. The first-order valence-electron chi connectivity index (χ1n) is 13.6. The van der Waals surface area contributed by atoms with E-state index in [4.69, 9.17) is 13.6 Å². The number of hydrogen-bond donors (Lipinski definition) is 0. The summed E-state index contributed by atoms with van der Waals surface area (Å²) in [6.07, 6.45) is 16.6. The van der Waals surface area contributed by atoms with Crippen molar-refractivity contribution in [3.63, 3.8) is 0 Å².